The lowest BCUT2D eigenvalue weighted by molar-refractivity contribution is -0.0198. The summed E-state index contributed by atoms with van der Waals surface area (Å²) in [5, 5.41) is 0. The molecular formula is C12H25NO. The summed E-state index contributed by atoms with van der Waals surface area (Å²) >= 11 is 0. The second-order valence-electron chi connectivity index (χ2n) is 5.34. The van der Waals surface area contributed by atoms with Crippen LogP contribution in [0.5, 0.6) is 0 Å². The first-order valence-electron chi connectivity index (χ1n) is 5.87. The van der Waals surface area contributed by atoms with Crippen LogP contribution in [0.15, 0.2) is 0 Å². The van der Waals surface area contributed by atoms with E-state index in [2.05, 4.69) is 32.6 Å². The Hall–Kier alpha value is -0.0800. The maximum atomic E-state index is 5.74. The highest BCUT2D eigenvalue weighted by molar-refractivity contribution is 4.73. The Morgan fingerprint density at radius 2 is 2.00 bits per heavy atom. The highest BCUT2D eigenvalue weighted by atomic mass is 16.5. The lowest BCUT2D eigenvalue weighted by atomic mass is 10.0. The highest BCUT2D eigenvalue weighted by Gasteiger charge is 2.18. The molecule has 1 atom stereocenters. The quantitative estimate of drug-likeness (QED) is 0.693. The van der Waals surface area contributed by atoms with Crippen molar-refractivity contribution in [3.63, 3.8) is 0 Å². The Balaban J connectivity index is 2.17. The highest BCUT2D eigenvalue weighted by Crippen LogP contribution is 2.16. The standard InChI is InChI=1S/C12H25NO/c1-11-7-5-6-8-13(11)9-10-14-12(2,3)4/h11H,5-10H2,1-4H3/t11-/m1/s1. The van der Waals surface area contributed by atoms with E-state index in [0.717, 1.165) is 19.2 Å². The van der Waals surface area contributed by atoms with Gasteiger partial charge in [0, 0.05) is 12.6 Å². The third-order valence-corrected chi connectivity index (χ3v) is 2.85. The first kappa shape index (κ1) is 12.0. The molecule has 1 aliphatic heterocycles. The van der Waals surface area contributed by atoms with Crippen LogP contribution in [0.4, 0.5) is 0 Å². The van der Waals surface area contributed by atoms with E-state index >= 15 is 0 Å². The first-order chi connectivity index (χ1) is 6.49. The molecular weight excluding hydrogens is 174 g/mol. The normalized spacial score (nSPS) is 25.3. The third kappa shape index (κ3) is 4.43. The molecule has 0 bridgehead atoms. The zero-order chi connectivity index (χ0) is 10.6. The molecule has 1 heterocycles. The molecule has 1 rings (SSSR count). The predicted octanol–water partition coefficient (Wildman–Crippen LogP) is 2.68. The van der Waals surface area contributed by atoms with Gasteiger partial charge in [0.25, 0.3) is 0 Å². The summed E-state index contributed by atoms with van der Waals surface area (Å²) in [6.45, 7) is 11.9. The Kier molecular flexibility index (Phi) is 4.39. The lowest BCUT2D eigenvalue weighted by Crippen LogP contribution is -2.40. The summed E-state index contributed by atoms with van der Waals surface area (Å²) < 4.78 is 5.74. The first-order valence-corrected chi connectivity index (χ1v) is 5.87. The number of hydrogen-bond donors (Lipinski definition) is 0. The van der Waals surface area contributed by atoms with Crippen LogP contribution >= 0.6 is 0 Å². The molecule has 0 unspecified atom stereocenters. The minimum atomic E-state index is 0.0129. The number of hydrogen-bond acceptors (Lipinski definition) is 2. The van der Waals surface area contributed by atoms with E-state index in [9.17, 15) is 0 Å². The number of piperidine rings is 1. The van der Waals surface area contributed by atoms with Crippen molar-refractivity contribution in [2.24, 2.45) is 0 Å². The number of ether oxygens (including phenoxy) is 1. The summed E-state index contributed by atoms with van der Waals surface area (Å²) in [7, 11) is 0. The second-order valence-corrected chi connectivity index (χ2v) is 5.34. The van der Waals surface area contributed by atoms with Crippen LogP contribution in [0, 0.1) is 0 Å². The van der Waals surface area contributed by atoms with Crippen LogP contribution in [-0.2, 0) is 4.74 Å². The molecule has 0 N–H and O–H groups in total. The summed E-state index contributed by atoms with van der Waals surface area (Å²) in [4.78, 5) is 2.55. The van der Waals surface area contributed by atoms with Crippen molar-refractivity contribution >= 4 is 0 Å². The molecule has 0 aromatic carbocycles. The van der Waals surface area contributed by atoms with Gasteiger partial charge in [-0.2, -0.15) is 0 Å². The zero-order valence-corrected chi connectivity index (χ0v) is 10.2. The fourth-order valence-corrected chi connectivity index (χ4v) is 1.96. The SMILES string of the molecule is C[C@@H]1CCCCN1CCOC(C)(C)C. The van der Waals surface area contributed by atoms with Crippen molar-refractivity contribution in [2.75, 3.05) is 19.7 Å². The van der Waals surface area contributed by atoms with E-state index in [1.807, 2.05) is 0 Å². The lowest BCUT2D eigenvalue weighted by Gasteiger charge is -2.34. The fourth-order valence-electron chi connectivity index (χ4n) is 1.96. The minimum absolute atomic E-state index is 0.0129. The van der Waals surface area contributed by atoms with Crippen molar-refractivity contribution in [1.82, 2.24) is 4.90 Å². The average Bonchev–Trinajstić information content (AvgIpc) is 2.06. The van der Waals surface area contributed by atoms with Crippen LogP contribution < -0.4 is 0 Å². The molecule has 0 radical (unpaired) electrons. The van der Waals surface area contributed by atoms with Crippen molar-refractivity contribution in [3.05, 3.63) is 0 Å². The van der Waals surface area contributed by atoms with E-state index in [1.165, 1.54) is 25.8 Å². The van der Waals surface area contributed by atoms with Gasteiger partial charge in [0.1, 0.15) is 0 Å². The van der Waals surface area contributed by atoms with Crippen molar-refractivity contribution in [3.8, 4) is 0 Å². The van der Waals surface area contributed by atoms with Crippen LogP contribution in [0.1, 0.15) is 47.0 Å². The van der Waals surface area contributed by atoms with Gasteiger partial charge in [0.2, 0.25) is 0 Å². The van der Waals surface area contributed by atoms with E-state index in [1.54, 1.807) is 0 Å². The largest absolute Gasteiger partial charge is 0.375 e. The monoisotopic (exact) mass is 199 g/mol. The molecule has 0 aromatic heterocycles. The summed E-state index contributed by atoms with van der Waals surface area (Å²) in [6.07, 6.45) is 4.12. The molecule has 1 saturated heterocycles. The molecule has 0 amide bonds. The summed E-state index contributed by atoms with van der Waals surface area (Å²) in [5.41, 5.74) is 0.0129. The van der Waals surface area contributed by atoms with E-state index in [0.29, 0.717) is 0 Å². The third-order valence-electron chi connectivity index (χ3n) is 2.85. The Bertz CT molecular complexity index is 162. The molecule has 14 heavy (non-hydrogen) atoms. The van der Waals surface area contributed by atoms with Crippen molar-refractivity contribution < 1.29 is 4.74 Å². The molecule has 0 aromatic rings. The molecule has 2 heteroatoms. The van der Waals surface area contributed by atoms with Gasteiger partial charge in [-0.1, -0.05) is 6.42 Å². The molecule has 2 nitrogen and oxygen atoms in total. The fraction of sp³-hybridized carbons (Fsp3) is 1.00. The Morgan fingerprint density at radius 3 is 2.57 bits per heavy atom. The maximum Gasteiger partial charge on any atom is 0.0600 e. The van der Waals surface area contributed by atoms with Crippen LogP contribution in [0.25, 0.3) is 0 Å². The van der Waals surface area contributed by atoms with Gasteiger partial charge in [0.05, 0.1) is 12.2 Å². The molecule has 0 saturated carbocycles. The van der Waals surface area contributed by atoms with Gasteiger partial charge >= 0.3 is 0 Å². The van der Waals surface area contributed by atoms with E-state index in [-0.39, 0.29) is 5.60 Å². The topological polar surface area (TPSA) is 12.5 Å². The Labute approximate surface area is 88.6 Å². The van der Waals surface area contributed by atoms with E-state index < -0.39 is 0 Å². The van der Waals surface area contributed by atoms with Gasteiger partial charge in [0.15, 0.2) is 0 Å². The maximum absolute atomic E-state index is 5.74. The zero-order valence-electron chi connectivity index (χ0n) is 10.2. The average molecular weight is 199 g/mol. The predicted molar refractivity (Wildman–Crippen MR) is 60.6 cm³/mol. The molecule has 1 fully saturated rings. The second kappa shape index (κ2) is 5.13. The van der Waals surface area contributed by atoms with Gasteiger partial charge in [-0.15, -0.1) is 0 Å². The van der Waals surface area contributed by atoms with Crippen LogP contribution in [0.3, 0.4) is 0 Å². The Morgan fingerprint density at radius 1 is 1.29 bits per heavy atom. The smallest absolute Gasteiger partial charge is 0.0600 e. The van der Waals surface area contributed by atoms with Gasteiger partial charge < -0.3 is 4.74 Å². The molecule has 84 valence electrons. The summed E-state index contributed by atoms with van der Waals surface area (Å²) in [5.74, 6) is 0. The van der Waals surface area contributed by atoms with E-state index in [4.69, 9.17) is 4.74 Å². The number of rotatable bonds is 3. The molecule has 1 aliphatic rings. The molecule has 0 spiro atoms. The van der Waals surface area contributed by atoms with Gasteiger partial charge in [-0.3, -0.25) is 4.90 Å². The van der Waals surface area contributed by atoms with Crippen LogP contribution in [-0.4, -0.2) is 36.2 Å². The van der Waals surface area contributed by atoms with Gasteiger partial charge in [-0.25, -0.2) is 0 Å². The van der Waals surface area contributed by atoms with Crippen molar-refractivity contribution in [2.45, 2.75) is 58.6 Å². The number of likely N-dealkylation sites (tertiary alicyclic amines) is 1. The minimum Gasteiger partial charge on any atom is -0.375 e. The van der Waals surface area contributed by atoms with Crippen LogP contribution in [0.2, 0.25) is 0 Å². The van der Waals surface area contributed by atoms with Crippen molar-refractivity contribution in [1.29, 1.82) is 0 Å². The van der Waals surface area contributed by atoms with Gasteiger partial charge in [-0.05, 0) is 47.1 Å². The summed E-state index contributed by atoms with van der Waals surface area (Å²) in [6, 6.07) is 0.757. The number of nitrogens with zero attached hydrogens (tertiary/aromatic N) is 1. The molecule has 0 aliphatic carbocycles.